The summed E-state index contributed by atoms with van der Waals surface area (Å²) in [6.45, 7) is -0.139. The number of benzene rings is 2. The number of carbonyl (C=O) groups is 1. The standard InChI is InChI=1S/C18H13BrCl2N2O2S/c19-12-3-1-11(2-4-12)7-14-9-22-18(26-14)23-17(24)10-25-13-5-6-15(20)16(21)8-13/h1-6,8-9H,7,10H2,(H,22,23,24). The van der Waals surface area contributed by atoms with Crippen molar-refractivity contribution in [1.82, 2.24) is 4.98 Å². The van der Waals surface area contributed by atoms with Gasteiger partial charge in [0.05, 0.1) is 10.0 Å². The molecule has 26 heavy (non-hydrogen) atoms. The summed E-state index contributed by atoms with van der Waals surface area (Å²) in [6.07, 6.45) is 2.53. The Kier molecular flexibility index (Phi) is 6.53. The number of ether oxygens (including phenoxy) is 1. The molecule has 0 atom stereocenters. The van der Waals surface area contributed by atoms with Crippen LogP contribution in [0, 0.1) is 0 Å². The summed E-state index contributed by atoms with van der Waals surface area (Å²) in [5, 5.41) is 4.08. The second-order valence-electron chi connectivity index (χ2n) is 5.35. The van der Waals surface area contributed by atoms with Gasteiger partial charge in [-0.2, -0.15) is 0 Å². The van der Waals surface area contributed by atoms with Gasteiger partial charge in [0.1, 0.15) is 5.75 Å². The van der Waals surface area contributed by atoms with Crippen LogP contribution in [0.25, 0.3) is 0 Å². The molecule has 0 saturated heterocycles. The zero-order valence-electron chi connectivity index (χ0n) is 13.3. The van der Waals surface area contributed by atoms with E-state index in [-0.39, 0.29) is 12.5 Å². The van der Waals surface area contributed by atoms with E-state index in [0.29, 0.717) is 20.9 Å². The smallest absolute Gasteiger partial charge is 0.264 e. The second-order valence-corrected chi connectivity index (χ2v) is 8.19. The Morgan fingerprint density at radius 1 is 1.15 bits per heavy atom. The summed E-state index contributed by atoms with van der Waals surface area (Å²) in [5.41, 5.74) is 1.18. The lowest BCUT2D eigenvalue weighted by atomic mass is 10.1. The number of amides is 1. The second kappa shape index (κ2) is 8.86. The van der Waals surface area contributed by atoms with E-state index < -0.39 is 0 Å². The molecule has 4 nitrogen and oxygen atoms in total. The average Bonchev–Trinajstić information content (AvgIpc) is 3.05. The predicted molar refractivity (Wildman–Crippen MR) is 110 cm³/mol. The molecule has 0 aliphatic heterocycles. The highest BCUT2D eigenvalue weighted by atomic mass is 79.9. The summed E-state index contributed by atoms with van der Waals surface area (Å²) in [5.74, 6) is 0.185. The third-order valence-electron chi connectivity index (χ3n) is 3.35. The summed E-state index contributed by atoms with van der Waals surface area (Å²) in [6, 6.07) is 12.9. The van der Waals surface area contributed by atoms with Crippen molar-refractivity contribution in [2.45, 2.75) is 6.42 Å². The summed E-state index contributed by atoms with van der Waals surface area (Å²) >= 11 is 16.6. The summed E-state index contributed by atoms with van der Waals surface area (Å²) < 4.78 is 6.45. The third kappa shape index (κ3) is 5.45. The van der Waals surface area contributed by atoms with Gasteiger partial charge in [-0.1, -0.05) is 51.3 Å². The van der Waals surface area contributed by atoms with Crippen LogP contribution in [0.5, 0.6) is 5.75 Å². The molecule has 0 radical (unpaired) electrons. The van der Waals surface area contributed by atoms with Crippen molar-refractivity contribution in [3.63, 3.8) is 0 Å². The van der Waals surface area contributed by atoms with Gasteiger partial charge in [0.2, 0.25) is 0 Å². The van der Waals surface area contributed by atoms with E-state index >= 15 is 0 Å². The molecule has 1 amide bonds. The van der Waals surface area contributed by atoms with Gasteiger partial charge < -0.3 is 4.74 Å². The van der Waals surface area contributed by atoms with E-state index in [1.54, 1.807) is 24.4 Å². The van der Waals surface area contributed by atoms with Gasteiger partial charge in [0.15, 0.2) is 11.7 Å². The van der Waals surface area contributed by atoms with E-state index in [0.717, 1.165) is 15.8 Å². The molecule has 0 aliphatic rings. The Balaban J connectivity index is 1.52. The first-order chi connectivity index (χ1) is 12.5. The number of aromatic nitrogens is 1. The Morgan fingerprint density at radius 2 is 1.92 bits per heavy atom. The molecule has 1 aromatic heterocycles. The number of nitrogens with zero attached hydrogens (tertiary/aromatic N) is 1. The first kappa shape index (κ1) is 19.2. The Hall–Kier alpha value is -1.60. The Labute approximate surface area is 173 Å². The summed E-state index contributed by atoms with van der Waals surface area (Å²) in [4.78, 5) is 17.3. The van der Waals surface area contributed by atoms with Gasteiger partial charge >= 0.3 is 0 Å². The maximum absolute atomic E-state index is 12.0. The van der Waals surface area contributed by atoms with Crippen molar-refractivity contribution in [2.75, 3.05) is 11.9 Å². The molecule has 0 aliphatic carbocycles. The van der Waals surface area contributed by atoms with Crippen molar-refractivity contribution >= 4 is 61.5 Å². The topological polar surface area (TPSA) is 51.2 Å². The molecule has 1 heterocycles. The number of anilines is 1. The summed E-state index contributed by atoms with van der Waals surface area (Å²) in [7, 11) is 0. The lowest BCUT2D eigenvalue weighted by Crippen LogP contribution is -2.19. The fourth-order valence-electron chi connectivity index (χ4n) is 2.12. The minimum absolute atomic E-state index is 0.139. The van der Waals surface area contributed by atoms with Crippen LogP contribution in [-0.4, -0.2) is 17.5 Å². The molecule has 0 unspecified atom stereocenters. The number of carbonyl (C=O) groups excluding carboxylic acids is 1. The monoisotopic (exact) mass is 470 g/mol. The number of rotatable bonds is 6. The van der Waals surface area contributed by atoms with Crippen LogP contribution in [0.3, 0.4) is 0 Å². The SMILES string of the molecule is O=C(COc1ccc(Cl)c(Cl)c1)Nc1ncc(Cc2ccc(Br)cc2)s1. The van der Waals surface area contributed by atoms with Gasteiger partial charge in [0, 0.05) is 28.0 Å². The Bertz CT molecular complexity index is 916. The van der Waals surface area contributed by atoms with Crippen molar-refractivity contribution in [3.05, 3.63) is 73.6 Å². The Morgan fingerprint density at radius 3 is 2.65 bits per heavy atom. The molecule has 134 valence electrons. The van der Waals surface area contributed by atoms with Gasteiger partial charge in [0.25, 0.3) is 5.91 Å². The fraction of sp³-hybridized carbons (Fsp3) is 0.111. The maximum Gasteiger partial charge on any atom is 0.264 e. The lowest BCUT2D eigenvalue weighted by Gasteiger charge is -2.06. The number of thiazole rings is 1. The first-order valence-corrected chi connectivity index (χ1v) is 9.93. The first-order valence-electron chi connectivity index (χ1n) is 7.56. The molecule has 8 heteroatoms. The highest BCUT2D eigenvalue weighted by Crippen LogP contribution is 2.26. The highest BCUT2D eigenvalue weighted by Gasteiger charge is 2.09. The van der Waals surface area contributed by atoms with Crippen LogP contribution < -0.4 is 10.1 Å². The molecule has 0 saturated carbocycles. The molecule has 3 rings (SSSR count). The lowest BCUT2D eigenvalue weighted by molar-refractivity contribution is -0.118. The van der Waals surface area contributed by atoms with Gasteiger partial charge in [-0.15, -0.1) is 11.3 Å². The van der Waals surface area contributed by atoms with Crippen molar-refractivity contribution in [3.8, 4) is 5.75 Å². The van der Waals surface area contributed by atoms with Crippen molar-refractivity contribution in [1.29, 1.82) is 0 Å². The molecule has 2 aromatic carbocycles. The van der Waals surface area contributed by atoms with E-state index in [4.69, 9.17) is 27.9 Å². The van der Waals surface area contributed by atoms with Gasteiger partial charge in [-0.3, -0.25) is 10.1 Å². The van der Waals surface area contributed by atoms with E-state index in [1.165, 1.54) is 16.9 Å². The van der Waals surface area contributed by atoms with Crippen LogP contribution in [0.15, 0.2) is 53.1 Å². The molecular weight excluding hydrogens is 459 g/mol. The number of halogens is 3. The van der Waals surface area contributed by atoms with Crippen LogP contribution >= 0.6 is 50.5 Å². The van der Waals surface area contributed by atoms with Crippen LogP contribution in [0.2, 0.25) is 10.0 Å². The van der Waals surface area contributed by atoms with Crippen molar-refractivity contribution < 1.29 is 9.53 Å². The molecule has 0 bridgehead atoms. The fourth-order valence-corrected chi connectivity index (χ4v) is 3.54. The number of hydrogen-bond donors (Lipinski definition) is 1. The zero-order chi connectivity index (χ0) is 18.5. The third-order valence-corrected chi connectivity index (χ3v) is 5.53. The van der Waals surface area contributed by atoms with E-state index in [2.05, 4.69) is 26.2 Å². The zero-order valence-corrected chi connectivity index (χ0v) is 17.3. The normalized spacial score (nSPS) is 10.6. The van der Waals surface area contributed by atoms with Gasteiger partial charge in [-0.25, -0.2) is 4.98 Å². The molecule has 0 fully saturated rings. The van der Waals surface area contributed by atoms with Crippen molar-refractivity contribution in [2.24, 2.45) is 0 Å². The molecule has 1 N–H and O–H groups in total. The van der Waals surface area contributed by atoms with Crippen LogP contribution in [0.1, 0.15) is 10.4 Å². The average molecular weight is 472 g/mol. The minimum atomic E-state index is -0.291. The maximum atomic E-state index is 12.0. The van der Waals surface area contributed by atoms with Gasteiger partial charge in [-0.05, 0) is 29.8 Å². The molecule has 3 aromatic rings. The van der Waals surface area contributed by atoms with E-state index in [1.807, 2.05) is 24.3 Å². The minimum Gasteiger partial charge on any atom is -0.484 e. The number of nitrogens with one attached hydrogen (secondary N) is 1. The predicted octanol–water partition coefficient (Wildman–Crippen LogP) is 5.82. The quantitative estimate of drug-likeness (QED) is 0.492. The van der Waals surface area contributed by atoms with Crippen LogP contribution in [-0.2, 0) is 11.2 Å². The van der Waals surface area contributed by atoms with E-state index in [9.17, 15) is 4.79 Å². The van der Waals surface area contributed by atoms with Crippen LogP contribution in [0.4, 0.5) is 5.13 Å². The molecular formula is C18H13BrCl2N2O2S. The number of hydrogen-bond acceptors (Lipinski definition) is 4. The highest BCUT2D eigenvalue weighted by molar-refractivity contribution is 9.10. The molecule has 0 spiro atoms. The largest absolute Gasteiger partial charge is 0.484 e.